The minimum atomic E-state index is -1.06. The molecule has 0 aromatic heterocycles. The topological polar surface area (TPSA) is 87.0 Å². The number of carboxylic acid groups (broad SMARTS) is 1. The number of phenols is 2. The van der Waals surface area contributed by atoms with Crippen molar-refractivity contribution >= 4 is 5.97 Å². The van der Waals surface area contributed by atoms with E-state index >= 15 is 0 Å². The van der Waals surface area contributed by atoms with Gasteiger partial charge in [-0.3, -0.25) is 4.79 Å². The van der Waals surface area contributed by atoms with Crippen LogP contribution in [0.25, 0.3) is 0 Å². The van der Waals surface area contributed by atoms with E-state index in [0.29, 0.717) is 0 Å². The van der Waals surface area contributed by atoms with Gasteiger partial charge in [0.05, 0.1) is 13.5 Å². The highest BCUT2D eigenvalue weighted by atomic mass is 16.5. The molecular weight excluding hydrogens is 188 g/mol. The number of aromatic hydroxyl groups is 2. The van der Waals surface area contributed by atoms with E-state index in [4.69, 9.17) is 9.84 Å². The average molecular weight is 198 g/mol. The molecule has 0 fully saturated rings. The molecule has 76 valence electrons. The number of carboxylic acids is 1. The molecule has 0 atom stereocenters. The van der Waals surface area contributed by atoms with Crippen molar-refractivity contribution in [3.05, 3.63) is 17.7 Å². The third-order valence-electron chi connectivity index (χ3n) is 1.74. The van der Waals surface area contributed by atoms with Crippen LogP contribution in [-0.2, 0) is 11.2 Å². The first-order chi connectivity index (χ1) is 6.56. The fourth-order valence-corrected chi connectivity index (χ4v) is 1.11. The van der Waals surface area contributed by atoms with Crippen LogP contribution in [0.2, 0.25) is 0 Å². The Kier molecular flexibility index (Phi) is 2.81. The van der Waals surface area contributed by atoms with Crippen LogP contribution in [0.5, 0.6) is 17.2 Å². The van der Waals surface area contributed by atoms with Gasteiger partial charge < -0.3 is 20.1 Å². The molecule has 0 amide bonds. The third kappa shape index (κ3) is 1.87. The number of carbonyl (C=O) groups is 1. The lowest BCUT2D eigenvalue weighted by Gasteiger charge is -2.08. The smallest absolute Gasteiger partial charge is 0.307 e. The first kappa shape index (κ1) is 10.2. The molecule has 0 saturated carbocycles. The monoisotopic (exact) mass is 198 g/mol. The Morgan fingerprint density at radius 3 is 2.57 bits per heavy atom. The molecule has 5 nitrogen and oxygen atoms in total. The molecule has 5 heteroatoms. The molecule has 0 radical (unpaired) electrons. The molecule has 1 aromatic carbocycles. The summed E-state index contributed by atoms with van der Waals surface area (Å²) in [6.07, 6.45) is -0.317. The fraction of sp³-hybridized carbons (Fsp3) is 0.222. The molecule has 0 saturated heterocycles. The molecule has 0 aliphatic heterocycles. The maximum atomic E-state index is 10.4. The van der Waals surface area contributed by atoms with E-state index in [9.17, 15) is 15.0 Å². The molecule has 1 aromatic rings. The minimum absolute atomic E-state index is 0.108. The van der Waals surface area contributed by atoms with Gasteiger partial charge in [0.2, 0.25) is 5.75 Å². The summed E-state index contributed by atoms with van der Waals surface area (Å²) in [5.74, 6) is -1.73. The molecule has 3 N–H and O–H groups in total. The summed E-state index contributed by atoms with van der Waals surface area (Å²) >= 11 is 0. The van der Waals surface area contributed by atoms with E-state index < -0.39 is 5.97 Å². The lowest BCUT2D eigenvalue weighted by molar-refractivity contribution is -0.136. The van der Waals surface area contributed by atoms with Crippen molar-refractivity contribution in [1.82, 2.24) is 0 Å². The van der Waals surface area contributed by atoms with Crippen molar-refractivity contribution in [2.24, 2.45) is 0 Å². The van der Waals surface area contributed by atoms with Gasteiger partial charge in [-0.2, -0.15) is 0 Å². The van der Waals surface area contributed by atoms with Crippen LogP contribution in [0.15, 0.2) is 12.1 Å². The summed E-state index contributed by atoms with van der Waals surface area (Å²) in [4.78, 5) is 10.4. The van der Waals surface area contributed by atoms with Gasteiger partial charge in [0.25, 0.3) is 0 Å². The van der Waals surface area contributed by atoms with Crippen molar-refractivity contribution < 1.29 is 24.9 Å². The van der Waals surface area contributed by atoms with Crippen molar-refractivity contribution in [2.45, 2.75) is 6.42 Å². The molecule has 0 aliphatic carbocycles. The van der Waals surface area contributed by atoms with Crippen LogP contribution in [0.3, 0.4) is 0 Å². The Labute approximate surface area is 80.2 Å². The standard InChI is InChI=1S/C9H10O5/c1-14-9-6(10)3-2-5(8(9)13)4-7(11)12/h2-3,10,13H,4H2,1H3,(H,11,12). The number of rotatable bonds is 3. The van der Waals surface area contributed by atoms with Crippen LogP contribution >= 0.6 is 0 Å². The van der Waals surface area contributed by atoms with Crippen LogP contribution in [0.4, 0.5) is 0 Å². The van der Waals surface area contributed by atoms with Gasteiger partial charge in [-0.05, 0) is 6.07 Å². The van der Waals surface area contributed by atoms with Gasteiger partial charge in [-0.15, -0.1) is 0 Å². The SMILES string of the molecule is COc1c(O)ccc(CC(=O)O)c1O. The molecule has 14 heavy (non-hydrogen) atoms. The molecule has 0 bridgehead atoms. The lowest BCUT2D eigenvalue weighted by atomic mass is 10.1. The maximum absolute atomic E-state index is 10.4. The second kappa shape index (κ2) is 3.87. The largest absolute Gasteiger partial charge is 0.504 e. The number of hydrogen-bond acceptors (Lipinski definition) is 4. The highest BCUT2D eigenvalue weighted by Gasteiger charge is 2.14. The van der Waals surface area contributed by atoms with Gasteiger partial charge in [0.1, 0.15) is 0 Å². The highest BCUT2D eigenvalue weighted by Crippen LogP contribution is 2.38. The van der Waals surface area contributed by atoms with E-state index in [1.807, 2.05) is 0 Å². The number of ether oxygens (including phenoxy) is 1. The van der Waals surface area contributed by atoms with Gasteiger partial charge in [0.15, 0.2) is 11.5 Å². The first-order valence-electron chi connectivity index (χ1n) is 3.86. The number of phenolic OH excluding ortho intramolecular Hbond substituents is 2. The van der Waals surface area contributed by atoms with Gasteiger partial charge in [-0.25, -0.2) is 0 Å². The highest BCUT2D eigenvalue weighted by molar-refractivity contribution is 5.72. The number of benzene rings is 1. The molecule has 0 spiro atoms. The number of aliphatic carboxylic acids is 1. The quantitative estimate of drug-likeness (QED) is 0.666. The zero-order valence-corrected chi connectivity index (χ0v) is 7.52. The maximum Gasteiger partial charge on any atom is 0.307 e. The van der Waals surface area contributed by atoms with Crippen molar-refractivity contribution in [1.29, 1.82) is 0 Å². The fourth-order valence-electron chi connectivity index (χ4n) is 1.11. The van der Waals surface area contributed by atoms with Crippen LogP contribution in [0.1, 0.15) is 5.56 Å². The Morgan fingerprint density at radius 2 is 2.07 bits per heavy atom. The summed E-state index contributed by atoms with van der Waals surface area (Å²) in [6.45, 7) is 0. The van der Waals surface area contributed by atoms with Gasteiger partial charge in [-0.1, -0.05) is 6.07 Å². The first-order valence-corrected chi connectivity index (χ1v) is 3.86. The van der Waals surface area contributed by atoms with Gasteiger partial charge >= 0.3 is 5.97 Å². The summed E-state index contributed by atoms with van der Waals surface area (Å²) in [5, 5.41) is 27.2. The van der Waals surface area contributed by atoms with Crippen molar-refractivity contribution in [3.63, 3.8) is 0 Å². The van der Waals surface area contributed by atoms with E-state index in [2.05, 4.69) is 0 Å². The molecule has 0 aliphatic rings. The van der Waals surface area contributed by atoms with Crippen molar-refractivity contribution in [2.75, 3.05) is 7.11 Å². The van der Waals surface area contributed by atoms with E-state index in [1.165, 1.54) is 19.2 Å². The number of hydrogen-bond donors (Lipinski definition) is 3. The average Bonchev–Trinajstić information content (AvgIpc) is 2.10. The van der Waals surface area contributed by atoms with E-state index in [0.717, 1.165) is 0 Å². The number of methoxy groups -OCH3 is 1. The summed E-state index contributed by atoms with van der Waals surface area (Å²) in [7, 11) is 1.28. The normalized spacial score (nSPS) is 9.79. The van der Waals surface area contributed by atoms with Crippen LogP contribution in [-0.4, -0.2) is 28.4 Å². The van der Waals surface area contributed by atoms with E-state index in [-0.39, 0.29) is 29.2 Å². The van der Waals surface area contributed by atoms with Crippen molar-refractivity contribution in [3.8, 4) is 17.2 Å². The molecule has 0 unspecified atom stereocenters. The van der Waals surface area contributed by atoms with Crippen LogP contribution in [0, 0.1) is 0 Å². The van der Waals surface area contributed by atoms with Crippen LogP contribution < -0.4 is 4.74 Å². The summed E-state index contributed by atoms with van der Waals surface area (Å²) in [6, 6.07) is 2.61. The molecule has 0 heterocycles. The minimum Gasteiger partial charge on any atom is -0.504 e. The zero-order chi connectivity index (χ0) is 10.7. The Bertz CT molecular complexity index is 358. The Balaban J connectivity index is 3.14. The second-order valence-corrected chi connectivity index (χ2v) is 2.70. The predicted octanol–water partition coefficient (Wildman–Crippen LogP) is 0.733. The zero-order valence-electron chi connectivity index (χ0n) is 7.52. The van der Waals surface area contributed by atoms with Gasteiger partial charge in [0, 0.05) is 5.56 Å². The van der Waals surface area contributed by atoms with E-state index in [1.54, 1.807) is 0 Å². The predicted molar refractivity (Wildman–Crippen MR) is 47.7 cm³/mol. The Morgan fingerprint density at radius 1 is 1.43 bits per heavy atom. The summed E-state index contributed by atoms with van der Waals surface area (Å²) in [5.41, 5.74) is 0.201. The summed E-state index contributed by atoms with van der Waals surface area (Å²) < 4.78 is 4.71. The Hall–Kier alpha value is -1.91. The molecule has 1 rings (SSSR count). The lowest BCUT2D eigenvalue weighted by Crippen LogP contribution is -2.00. The third-order valence-corrected chi connectivity index (χ3v) is 1.74. The second-order valence-electron chi connectivity index (χ2n) is 2.70. The molecular formula is C9H10O5.